The van der Waals surface area contributed by atoms with Crippen molar-refractivity contribution in [3.05, 3.63) is 59.0 Å². The normalized spacial score (nSPS) is 9.90. The van der Waals surface area contributed by atoms with Crippen LogP contribution >= 0.6 is 12.4 Å². The highest BCUT2D eigenvalue weighted by Crippen LogP contribution is 2.07. The van der Waals surface area contributed by atoms with Gasteiger partial charge in [-0.25, -0.2) is 0 Å². The van der Waals surface area contributed by atoms with Gasteiger partial charge in [-0.3, -0.25) is 4.79 Å². The third-order valence-electron chi connectivity index (χ3n) is 2.94. The number of carbonyl (C=O) groups is 1. The number of benzene rings is 1. The zero-order valence-corrected chi connectivity index (χ0v) is 12.2. The second-order valence-electron chi connectivity index (χ2n) is 4.50. The standard InChI is InChI=1S/C15H18N2O2.ClH/c1-11-2-4-12(5-3-11)6-7-17-15(18)13-8-14(9-16)19-10-13;/h2-5,8,10H,6-7,9,16H2,1H3,(H,17,18);1H. The van der Waals surface area contributed by atoms with Gasteiger partial charge in [0.1, 0.15) is 12.0 Å². The van der Waals surface area contributed by atoms with Crippen LogP contribution in [-0.4, -0.2) is 12.5 Å². The third kappa shape index (κ3) is 4.40. The summed E-state index contributed by atoms with van der Waals surface area (Å²) in [6.07, 6.45) is 2.25. The van der Waals surface area contributed by atoms with E-state index in [4.69, 9.17) is 10.2 Å². The van der Waals surface area contributed by atoms with E-state index in [1.807, 2.05) is 0 Å². The lowest BCUT2D eigenvalue weighted by molar-refractivity contribution is 0.0953. The quantitative estimate of drug-likeness (QED) is 0.890. The molecule has 0 saturated heterocycles. The van der Waals surface area contributed by atoms with Crippen molar-refractivity contribution in [2.75, 3.05) is 6.54 Å². The van der Waals surface area contributed by atoms with E-state index in [1.54, 1.807) is 6.07 Å². The van der Waals surface area contributed by atoms with E-state index in [0.717, 1.165) is 6.42 Å². The van der Waals surface area contributed by atoms with Crippen LogP contribution in [0.25, 0.3) is 0 Å². The van der Waals surface area contributed by atoms with Gasteiger partial charge in [0.25, 0.3) is 5.91 Å². The van der Waals surface area contributed by atoms with Gasteiger partial charge in [0.05, 0.1) is 12.1 Å². The molecule has 0 saturated carbocycles. The fourth-order valence-electron chi connectivity index (χ4n) is 1.78. The molecule has 1 amide bonds. The molecule has 5 heteroatoms. The summed E-state index contributed by atoms with van der Waals surface area (Å²) < 4.78 is 5.13. The number of hydrogen-bond donors (Lipinski definition) is 2. The molecule has 1 aromatic carbocycles. The Labute approximate surface area is 124 Å². The van der Waals surface area contributed by atoms with Gasteiger partial charge in [-0.15, -0.1) is 12.4 Å². The fraction of sp³-hybridized carbons (Fsp3) is 0.267. The van der Waals surface area contributed by atoms with E-state index in [9.17, 15) is 4.79 Å². The van der Waals surface area contributed by atoms with Gasteiger partial charge in [-0.1, -0.05) is 29.8 Å². The zero-order valence-electron chi connectivity index (χ0n) is 11.4. The fourth-order valence-corrected chi connectivity index (χ4v) is 1.78. The summed E-state index contributed by atoms with van der Waals surface area (Å²) in [7, 11) is 0. The molecule has 0 atom stereocenters. The van der Waals surface area contributed by atoms with Crippen LogP contribution in [-0.2, 0) is 13.0 Å². The molecular formula is C15H19ClN2O2. The number of furan rings is 1. The smallest absolute Gasteiger partial charge is 0.254 e. The molecule has 0 unspecified atom stereocenters. The Kier molecular flexibility index (Phi) is 6.28. The van der Waals surface area contributed by atoms with Gasteiger partial charge in [0.15, 0.2) is 0 Å². The maximum Gasteiger partial charge on any atom is 0.254 e. The predicted molar refractivity (Wildman–Crippen MR) is 81.1 cm³/mol. The maximum absolute atomic E-state index is 11.8. The van der Waals surface area contributed by atoms with Crippen LogP contribution in [0, 0.1) is 6.92 Å². The van der Waals surface area contributed by atoms with E-state index >= 15 is 0 Å². The van der Waals surface area contributed by atoms with Crippen molar-refractivity contribution in [1.29, 1.82) is 0 Å². The molecule has 1 aromatic heterocycles. The van der Waals surface area contributed by atoms with Gasteiger partial charge in [-0.05, 0) is 25.0 Å². The van der Waals surface area contributed by atoms with Crippen LogP contribution in [0.3, 0.4) is 0 Å². The highest BCUT2D eigenvalue weighted by atomic mass is 35.5. The van der Waals surface area contributed by atoms with Crippen LogP contribution in [0.4, 0.5) is 0 Å². The topological polar surface area (TPSA) is 68.3 Å². The Hall–Kier alpha value is -1.78. The molecular weight excluding hydrogens is 276 g/mol. The molecule has 0 aliphatic carbocycles. The first-order valence-electron chi connectivity index (χ1n) is 6.30. The average Bonchev–Trinajstić information content (AvgIpc) is 2.90. The molecule has 1 heterocycles. The van der Waals surface area contributed by atoms with Crippen LogP contribution in [0.2, 0.25) is 0 Å². The summed E-state index contributed by atoms with van der Waals surface area (Å²) in [4.78, 5) is 11.8. The molecule has 0 aliphatic rings. The number of hydrogen-bond acceptors (Lipinski definition) is 3. The Balaban J connectivity index is 0.00000200. The Morgan fingerprint density at radius 2 is 2.00 bits per heavy atom. The number of carbonyl (C=O) groups excluding carboxylic acids is 1. The first-order valence-corrected chi connectivity index (χ1v) is 6.30. The summed E-state index contributed by atoms with van der Waals surface area (Å²) in [6.45, 7) is 2.96. The maximum atomic E-state index is 11.8. The van der Waals surface area contributed by atoms with Crippen molar-refractivity contribution >= 4 is 18.3 Å². The second-order valence-corrected chi connectivity index (χ2v) is 4.50. The van der Waals surface area contributed by atoms with Crippen LogP contribution < -0.4 is 11.1 Å². The van der Waals surface area contributed by atoms with Gasteiger partial charge in [0, 0.05) is 6.54 Å². The number of rotatable bonds is 5. The summed E-state index contributed by atoms with van der Waals surface area (Å²) in [6, 6.07) is 9.96. The minimum atomic E-state index is -0.129. The SMILES string of the molecule is Cc1ccc(CCNC(=O)c2coc(CN)c2)cc1.Cl. The minimum absolute atomic E-state index is 0. The zero-order chi connectivity index (χ0) is 13.7. The molecule has 3 N–H and O–H groups in total. The number of aryl methyl sites for hydroxylation is 1. The molecule has 0 spiro atoms. The van der Waals surface area contributed by atoms with Crippen LogP contribution in [0.5, 0.6) is 0 Å². The van der Waals surface area contributed by atoms with Crippen molar-refractivity contribution in [2.45, 2.75) is 19.9 Å². The largest absolute Gasteiger partial charge is 0.467 e. The molecule has 20 heavy (non-hydrogen) atoms. The third-order valence-corrected chi connectivity index (χ3v) is 2.94. The Bertz CT molecular complexity index is 549. The lowest BCUT2D eigenvalue weighted by Gasteiger charge is -2.04. The number of amides is 1. The van der Waals surface area contributed by atoms with Crippen LogP contribution in [0.15, 0.2) is 41.0 Å². The summed E-state index contributed by atoms with van der Waals surface area (Å²) in [5.74, 6) is 0.485. The van der Waals surface area contributed by atoms with Gasteiger partial charge < -0.3 is 15.5 Å². The van der Waals surface area contributed by atoms with Gasteiger partial charge in [-0.2, -0.15) is 0 Å². The summed E-state index contributed by atoms with van der Waals surface area (Å²) in [5, 5.41) is 2.86. The second kappa shape index (κ2) is 7.72. The lowest BCUT2D eigenvalue weighted by atomic mass is 10.1. The molecule has 2 aromatic rings. The average molecular weight is 295 g/mol. The predicted octanol–water partition coefficient (Wildman–Crippen LogP) is 2.44. The highest BCUT2D eigenvalue weighted by molar-refractivity contribution is 5.93. The molecule has 0 radical (unpaired) electrons. The van der Waals surface area contributed by atoms with Crippen molar-refractivity contribution in [1.82, 2.24) is 5.32 Å². The molecule has 0 fully saturated rings. The highest BCUT2D eigenvalue weighted by Gasteiger charge is 2.08. The molecule has 4 nitrogen and oxygen atoms in total. The number of halogens is 1. The Morgan fingerprint density at radius 1 is 1.30 bits per heavy atom. The minimum Gasteiger partial charge on any atom is -0.467 e. The van der Waals surface area contributed by atoms with E-state index < -0.39 is 0 Å². The Morgan fingerprint density at radius 3 is 2.60 bits per heavy atom. The van der Waals surface area contributed by atoms with Crippen LogP contribution in [0.1, 0.15) is 27.2 Å². The monoisotopic (exact) mass is 294 g/mol. The molecule has 108 valence electrons. The van der Waals surface area contributed by atoms with E-state index in [1.165, 1.54) is 17.4 Å². The van der Waals surface area contributed by atoms with E-state index in [2.05, 4.69) is 36.5 Å². The van der Waals surface area contributed by atoms with Gasteiger partial charge in [0.2, 0.25) is 0 Å². The van der Waals surface area contributed by atoms with Crippen molar-refractivity contribution < 1.29 is 9.21 Å². The van der Waals surface area contributed by atoms with E-state index in [-0.39, 0.29) is 18.3 Å². The number of nitrogens with one attached hydrogen (secondary N) is 1. The van der Waals surface area contributed by atoms with Crippen molar-refractivity contribution in [3.63, 3.8) is 0 Å². The van der Waals surface area contributed by atoms with Gasteiger partial charge >= 0.3 is 0 Å². The first-order chi connectivity index (χ1) is 9.19. The summed E-state index contributed by atoms with van der Waals surface area (Å²) in [5.41, 5.74) is 8.39. The molecule has 2 rings (SSSR count). The number of nitrogens with two attached hydrogens (primary N) is 1. The first kappa shape index (κ1) is 16.3. The lowest BCUT2D eigenvalue weighted by Crippen LogP contribution is -2.25. The molecule has 0 aliphatic heterocycles. The van der Waals surface area contributed by atoms with E-state index in [0.29, 0.717) is 24.4 Å². The van der Waals surface area contributed by atoms with Crippen molar-refractivity contribution in [2.24, 2.45) is 5.73 Å². The van der Waals surface area contributed by atoms with Crippen molar-refractivity contribution in [3.8, 4) is 0 Å². The summed E-state index contributed by atoms with van der Waals surface area (Å²) >= 11 is 0. The molecule has 0 bridgehead atoms.